The molecule has 4 aliphatic carbocycles. The van der Waals surface area contributed by atoms with Crippen LogP contribution in [0.3, 0.4) is 0 Å². The number of aliphatic hydroxyl groups is 4. The van der Waals surface area contributed by atoms with Gasteiger partial charge >= 0.3 is 5.97 Å². The van der Waals surface area contributed by atoms with E-state index in [0.29, 0.717) is 31.6 Å². The van der Waals surface area contributed by atoms with Crippen LogP contribution in [0.25, 0.3) is 0 Å². The molecule has 1 aliphatic heterocycles. The van der Waals surface area contributed by atoms with E-state index >= 15 is 0 Å². The standard InChI is InChI=1S/C29H46O7/c1-13(2)15-10-20(36-21(32)11-15)14(3)17-12-19(31)23-22-16(6-8-29(17,23)5)28(4)9-7-18(30)25(33)24(28)27(35)26(22)34/h13-18,20,22-27,30,33-35H,6-12H2,1-5H3/t14?,15?,16?,17?,18-,20?,22?,23?,24?,25?,26?,27-,28-,29-/m1/s1. The second kappa shape index (κ2) is 9.03. The van der Waals surface area contributed by atoms with Crippen molar-refractivity contribution in [2.45, 2.75) is 110 Å². The van der Waals surface area contributed by atoms with Crippen molar-refractivity contribution in [3.63, 3.8) is 0 Å². The first kappa shape index (κ1) is 26.6. The Morgan fingerprint density at radius 1 is 0.889 bits per heavy atom. The van der Waals surface area contributed by atoms with Gasteiger partial charge in [0.05, 0.1) is 24.4 Å². The molecule has 5 aliphatic rings. The Morgan fingerprint density at radius 2 is 1.56 bits per heavy atom. The zero-order valence-corrected chi connectivity index (χ0v) is 22.5. The minimum Gasteiger partial charge on any atom is -0.462 e. The molecule has 5 fully saturated rings. The Labute approximate surface area is 215 Å². The molecule has 0 spiro atoms. The molecule has 10 unspecified atom stereocenters. The maximum Gasteiger partial charge on any atom is 0.306 e. The molecular formula is C29H46O7. The molecule has 5 rings (SSSR count). The van der Waals surface area contributed by atoms with Crippen molar-refractivity contribution in [1.82, 2.24) is 0 Å². The average Bonchev–Trinajstić information content (AvgIpc) is 3.09. The van der Waals surface area contributed by atoms with Gasteiger partial charge in [0.25, 0.3) is 0 Å². The Bertz CT molecular complexity index is 889. The number of carbonyl (C=O) groups is 2. The molecule has 1 saturated heterocycles. The van der Waals surface area contributed by atoms with Crippen LogP contribution in [0.1, 0.15) is 79.6 Å². The predicted molar refractivity (Wildman–Crippen MR) is 132 cm³/mol. The molecule has 0 aromatic rings. The van der Waals surface area contributed by atoms with Crippen molar-refractivity contribution in [2.24, 2.45) is 58.2 Å². The number of ketones is 1. The van der Waals surface area contributed by atoms with Crippen LogP contribution in [-0.4, -0.2) is 62.7 Å². The summed E-state index contributed by atoms with van der Waals surface area (Å²) in [4.78, 5) is 26.2. The number of aliphatic hydroxyl groups excluding tert-OH is 4. The fraction of sp³-hybridized carbons (Fsp3) is 0.931. The molecule has 7 heteroatoms. The molecule has 0 amide bonds. The summed E-state index contributed by atoms with van der Waals surface area (Å²) < 4.78 is 5.86. The average molecular weight is 507 g/mol. The van der Waals surface area contributed by atoms with Crippen molar-refractivity contribution in [1.29, 1.82) is 0 Å². The topological polar surface area (TPSA) is 124 Å². The van der Waals surface area contributed by atoms with E-state index in [2.05, 4.69) is 34.6 Å². The maximum atomic E-state index is 13.7. The van der Waals surface area contributed by atoms with Gasteiger partial charge in [0.1, 0.15) is 11.9 Å². The van der Waals surface area contributed by atoms with E-state index in [1.807, 2.05) is 0 Å². The lowest BCUT2D eigenvalue weighted by atomic mass is 9.42. The summed E-state index contributed by atoms with van der Waals surface area (Å²) in [5.74, 6) is -0.575. The Balaban J connectivity index is 1.44. The lowest BCUT2D eigenvalue weighted by molar-refractivity contribution is -0.250. The summed E-state index contributed by atoms with van der Waals surface area (Å²) in [6, 6.07) is 0. The van der Waals surface area contributed by atoms with E-state index in [4.69, 9.17) is 4.74 Å². The van der Waals surface area contributed by atoms with Gasteiger partial charge in [0.15, 0.2) is 0 Å². The molecular weight excluding hydrogens is 460 g/mol. The van der Waals surface area contributed by atoms with E-state index in [9.17, 15) is 30.0 Å². The second-order valence-corrected chi connectivity index (χ2v) is 13.9. The van der Waals surface area contributed by atoms with Crippen molar-refractivity contribution in [3.8, 4) is 0 Å². The molecule has 204 valence electrons. The first-order valence-corrected chi connectivity index (χ1v) is 14.3. The van der Waals surface area contributed by atoms with Crippen LogP contribution < -0.4 is 0 Å². The van der Waals surface area contributed by atoms with E-state index in [0.717, 1.165) is 19.3 Å². The number of hydrogen-bond acceptors (Lipinski definition) is 7. The smallest absolute Gasteiger partial charge is 0.306 e. The van der Waals surface area contributed by atoms with E-state index in [1.165, 1.54) is 0 Å². The van der Waals surface area contributed by atoms with Gasteiger partial charge < -0.3 is 25.2 Å². The van der Waals surface area contributed by atoms with Crippen molar-refractivity contribution >= 4 is 11.8 Å². The number of esters is 1. The third-order valence-corrected chi connectivity index (χ3v) is 12.0. The number of cyclic esters (lactones) is 1. The Kier molecular flexibility index (Phi) is 6.67. The van der Waals surface area contributed by atoms with Gasteiger partial charge in [-0.3, -0.25) is 9.59 Å². The van der Waals surface area contributed by atoms with Gasteiger partial charge in [0.2, 0.25) is 0 Å². The summed E-state index contributed by atoms with van der Waals surface area (Å²) >= 11 is 0. The normalized spacial score (nSPS) is 53.9. The van der Waals surface area contributed by atoms with E-state index in [-0.39, 0.29) is 58.8 Å². The van der Waals surface area contributed by atoms with Gasteiger partial charge in [0, 0.05) is 30.6 Å². The fourth-order valence-corrected chi connectivity index (χ4v) is 9.89. The van der Waals surface area contributed by atoms with Gasteiger partial charge in [-0.25, -0.2) is 0 Å². The molecule has 36 heavy (non-hydrogen) atoms. The summed E-state index contributed by atoms with van der Waals surface area (Å²) in [7, 11) is 0. The molecule has 4 N–H and O–H groups in total. The number of carbonyl (C=O) groups excluding carboxylic acids is 2. The molecule has 0 bridgehead atoms. The summed E-state index contributed by atoms with van der Waals surface area (Å²) in [6.45, 7) is 10.7. The highest BCUT2D eigenvalue weighted by Crippen LogP contribution is 2.67. The number of hydrogen-bond donors (Lipinski definition) is 4. The summed E-state index contributed by atoms with van der Waals surface area (Å²) in [5, 5.41) is 43.8. The van der Waals surface area contributed by atoms with Crippen molar-refractivity contribution < 1.29 is 34.8 Å². The van der Waals surface area contributed by atoms with Gasteiger partial charge in [-0.1, -0.05) is 34.6 Å². The van der Waals surface area contributed by atoms with E-state index < -0.39 is 35.7 Å². The fourth-order valence-electron chi connectivity index (χ4n) is 9.89. The zero-order chi connectivity index (χ0) is 26.3. The highest BCUT2D eigenvalue weighted by molar-refractivity contribution is 5.85. The van der Waals surface area contributed by atoms with Crippen LogP contribution in [0.4, 0.5) is 0 Å². The van der Waals surface area contributed by atoms with Crippen molar-refractivity contribution in [2.75, 3.05) is 0 Å². The molecule has 7 nitrogen and oxygen atoms in total. The quantitative estimate of drug-likeness (QED) is 0.434. The van der Waals surface area contributed by atoms with E-state index in [1.54, 1.807) is 0 Å². The number of ether oxygens (including phenoxy) is 1. The lowest BCUT2D eigenvalue weighted by Crippen LogP contribution is -2.68. The molecule has 0 aromatic heterocycles. The minimum atomic E-state index is -1.18. The minimum absolute atomic E-state index is 0.00281. The van der Waals surface area contributed by atoms with Crippen molar-refractivity contribution in [3.05, 3.63) is 0 Å². The largest absolute Gasteiger partial charge is 0.462 e. The van der Waals surface area contributed by atoms with Gasteiger partial charge in [-0.15, -0.1) is 0 Å². The van der Waals surface area contributed by atoms with Crippen LogP contribution in [0.2, 0.25) is 0 Å². The maximum absolute atomic E-state index is 13.7. The number of fused-ring (bicyclic) bond motifs is 5. The van der Waals surface area contributed by atoms with Crippen LogP contribution in [0.15, 0.2) is 0 Å². The molecule has 0 radical (unpaired) electrons. The first-order valence-electron chi connectivity index (χ1n) is 14.3. The lowest BCUT2D eigenvalue weighted by Gasteiger charge is -2.64. The third-order valence-electron chi connectivity index (χ3n) is 12.0. The summed E-state index contributed by atoms with van der Waals surface area (Å²) in [6.07, 6.45) is -0.0305. The highest BCUT2D eigenvalue weighted by atomic mass is 16.5. The number of Topliss-reactive ketones (excluding diaryl/α,β-unsaturated/α-hetero) is 1. The first-order chi connectivity index (χ1) is 16.8. The Hall–Kier alpha value is -1.02. The predicted octanol–water partition coefficient (Wildman–Crippen LogP) is 2.71. The number of rotatable bonds is 3. The van der Waals surface area contributed by atoms with Gasteiger partial charge in [-0.05, 0) is 72.5 Å². The zero-order valence-electron chi connectivity index (χ0n) is 22.5. The third kappa shape index (κ3) is 3.74. The van der Waals surface area contributed by atoms with Crippen LogP contribution >= 0.6 is 0 Å². The second-order valence-electron chi connectivity index (χ2n) is 13.9. The molecule has 14 atom stereocenters. The van der Waals surface area contributed by atoms with Crippen LogP contribution in [0, 0.1) is 58.2 Å². The molecule has 1 heterocycles. The highest BCUT2D eigenvalue weighted by Gasteiger charge is 2.69. The Morgan fingerprint density at radius 3 is 2.22 bits per heavy atom. The molecule has 4 saturated carbocycles. The van der Waals surface area contributed by atoms with Gasteiger partial charge in [-0.2, -0.15) is 0 Å². The van der Waals surface area contributed by atoms with Crippen LogP contribution in [-0.2, 0) is 14.3 Å². The van der Waals surface area contributed by atoms with Crippen LogP contribution in [0.5, 0.6) is 0 Å². The SMILES string of the molecule is CC(C)C1CC(=O)OC(C(C)C2CC(=O)C3C4C(O)[C@H](O)C5C(O)[C@H](O)CC[C@]5(C)C4CC[C@]23C)C1. The monoisotopic (exact) mass is 506 g/mol. The summed E-state index contributed by atoms with van der Waals surface area (Å²) in [5.41, 5.74) is -0.789. The molecule has 0 aromatic carbocycles.